The second-order valence-electron chi connectivity index (χ2n) is 5.51. The summed E-state index contributed by atoms with van der Waals surface area (Å²) in [6.45, 7) is 7.53. The van der Waals surface area contributed by atoms with Gasteiger partial charge in [-0.3, -0.25) is 0 Å². The van der Waals surface area contributed by atoms with E-state index in [1.54, 1.807) is 6.07 Å². The molecule has 1 aromatic carbocycles. The number of hydrogen-bond acceptors (Lipinski definition) is 2. The second kappa shape index (κ2) is 5.09. The molecule has 0 radical (unpaired) electrons. The molecule has 1 saturated carbocycles. The summed E-state index contributed by atoms with van der Waals surface area (Å²) in [7, 11) is 0. The molecule has 17 heavy (non-hydrogen) atoms. The molecule has 1 aliphatic rings. The van der Waals surface area contributed by atoms with Crippen LogP contribution in [0.15, 0.2) is 18.2 Å². The Kier molecular flexibility index (Phi) is 3.72. The Morgan fingerprint density at radius 1 is 1.35 bits per heavy atom. The van der Waals surface area contributed by atoms with E-state index in [9.17, 15) is 5.11 Å². The van der Waals surface area contributed by atoms with Crippen molar-refractivity contribution in [1.82, 2.24) is 5.32 Å². The van der Waals surface area contributed by atoms with E-state index in [1.807, 2.05) is 6.07 Å². The molecule has 0 spiro atoms. The quantitative estimate of drug-likeness (QED) is 0.817. The summed E-state index contributed by atoms with van der Waals surface area (Å²) in [6, 6.07) is 6.01. The monoisotopic (exact) mass is 233 g/mol. The highest BCUT2D eigenvalue weighted by Crippen LogP contribution is 2.36. The lowest BCUT2D eigenvalue weighted by Crippen LogP contribution is -2.25. The molecule has 0 bridgehead atoms. The second-order valence-corrected chi connectivity index (χ2v) is 5.51. The van der Waals surface area contributed by atoms with Crippen molar-refractivity contribution in [2.45, 2.75) is 39.7 Å². The summed E-state index contributed by atoms with van der Waals surface area (Å²) in [5.41, 5.74) is 2.20. The molecule has 2 heteroatoms. The van der Waals surface area contributed by atoms with Gasteiger partial charge in [0.25, 0.3) is 0 Å². The molecule has 2 rings (SSSR count). The zero-order valence-corrected chi connectivity index (χ0v) is 11.0. The standard InChI is InChI=1S/C15H23NO/c1-10-4-7-15(17)14(8-10)12(3)16-9-11(2)13-5-6-13/h4,7-8,11-13,16-17H,5-6,9H2,1-3H3. The van der Waals surface area contributed by atoms with Gasteiger partial charge in [0.15, 0.2) is 0 Å². The number of rotatable bonds is 5. The summed E-state index contributed by atoms with van der Waals surface area (Å²) >= 11 is 0. The molecule has 2 unspecified atom stereocenters. The lowest BCUT2D eigenvalue weighted by Gasteiger charge is -2.19. The minimum absolute atomic E-state index is 0.219. The van der Waals surface area contributed by atoms with E-state index < -0.39 is 0 Å². The molecule has 2 N–H and O–H groups in total. The molecule has 2 atom stereocenters. The molecular weight excluding hydrogens is 210 g/mol. The van der Waals surface area contributed by atoms with Gasteiger partial charge in [-0.25, -0.2) is 0 Å². The maximum Gasteiger partial charge on any atom is 0.120 e. The van der Waals surface area contributed by atoms with Gasteiger partial charge in [-0.1, -0.05) is 24.6 Å². The van der Waals surface area contributed by atoms with Gasteiger partial charge >= 0.3 is 0 Å². The molecule has 1 aromatic rings. The Bertz CT molecular complexity index is 385. The molecule has 1 fully saturated rings. The summed E-state index contributed by atoms with van der Waals surface area (Å²) < 4.78 is 0. The number of benzene rings is 1. The predicted molar refractivity (Wildman–Crippen MR) is 71.1 cm³/mol. The van der Waals surface area contributed by atoms with Crippen molar-refractivity contribution in [1.29, 1.82) is 0 Å². The third-order valence-electron chi connectivity index (χ3n) is 3.82. The van der Waals surface area contributed by atoms with E-state index in [1.165, 1.54) is 18.4 Å². The lowest BCUT2D eigenvalue weighted by atomic mass is 10.0. The smallest absolute Gasteiger partial charge is 0.120 e. The summed E-state index contributed by atoms with van der Waals surface area (Å²) in [6.07, 6.45) is 2.79. The van der Waals surface area contributed by atoms with Crippen LogP contribution in [0.3, 0.4) is 0 Å². The fraction of sp³-hybridized carbons (Fsp3) is 0.600. The van der Waals surface area contributed by atoms with Crippen LogP contribution in [0.1, 0.15) is 43.9 Å². The Hall–Kier alpha value is -1.02. The fourth-order valence-electron chi connectivity index (χ4n) is 2.33. The van der Waals surface area contributed by atoms with Gasteiger partial charge in [0, 0.05) is 11.6 Å². The van der Waals surface area contributed by atoms with Crippen LogP contribution in [0, 0.1) is 18.8 Å². The zero-order chi connectivity index (χ0) is 12.4. The van der Waals surface area contributed by atoms with Crippen molar-refractivity contribution in [3.05, 3.63) is 29.3 Å². The van der Waals surface area contributed by atoms with E-state index in [0.29, 0.717) is 5.75 Å². The maximum absolute atomic E-state index is 9.85. The average molecular weight is 233 g/mol. The highest BCUT2D eigenvalue weighted by atomic mass is 16.3. The predicted octanol–water partition coefficient (Wildman–Crippen LogP) is 3.40. The van der Waals surface area contributed by atoms with Gasteiger partial charge in [-0.2, -0.15) is 0 Å². The van der Waals surface area contributed by atoms with Crippen LogP contribution in [0.2, 0.25) is 0 Å². The number of hydrogen-bond donors (Lipinski definition) is 2. The van der Waals surface area contributed by atoms with Crippen LogP contribution in [-0.2, 0) is 0 Å². The third-order valence-corrected chi connectivity index (χ3v) is 3.82. The first-order valence-electron chi connectivity index (χ1n) is 6.61. The van der Waals surface area contributed by atoms with E-state index in [2.05, 4.69) is 32.2 Å². The molecule has 0 aromatic heterocycles. The van der Waals surface area contributed by atoms with Crippen molar-refractivity contribution in [3.63, 3.8) is 0 Å². The molecule has 94 valence electrons. The first kappa shape index (κ1) is 12.4. The molecule has 0 amide bonds. The Morgan fingerprint density at radius 3 is 2.71 bits per heavy atom. The van der Waals surface area contributed by atoms with Crippen LogP contribution >= 0.6 is 0 Å². The fourth-order valence-corrected chi connectivity index (χ4v) is 2.33. The highest BCUT2D eigenvalue weighted by molar-refractivity contribution is 5.37. The number of aryl methyl sites for hydroxylation is 1. The van der Waals surface area contributed by atoms with Crippen molar-refractivity contribution < 1.29 is 5.11 Å². The number of phenols is 1. The summed E-state index contributed by atoms with van der Waals surface area (Å²) in [4.78, 5) is 0. The minimum atomic E-state index is 0.219. The first-order chi connectivity index (χ1) is 8.08. The number of phenolic OH excluding ortho intramolecular Hbond substituents is 1. The van der Waals surface area contributed by atoms with Gasteiger partial charge in [0.05, 0.1) is 0 Å². The van der Waals surface area contributed by atoms with Crippen molar-refractivity contribution in [2.24, 2.45) is 11.8 Å². The lowest BCUT2D eigenvalue weighted by molar-refractivity contribution is 0.415. The van der Waals surface area contributed by atoms with Crippen molar-refractivity contribution in [3.8, 4) is 5.75 Å². The maximum atomic E-state index is 9.85. The van der Waals surface area contributed by atoms with Crippen LogP contribution in [0.5, 0.6) is 5.75 Å². The molecule has 0 saturated heterocycles. The number of nitrogens with one attached hydrogen (secondary N) is 1. The molecule has 1 aliphatic carbocycles. The van der Waals surface area contributed by atoms with E-state index >= 15 is 0 Å². The Balaban J connectivity index is 1.93. The molecule has 0 aliphatic heterocycles. The van der Waals surface area contributed by atoms with Crippen LogP contribution in [0.4, 0.5) is 0 Å². The van der Waals surface area contributed by atoms with Gasteiger partial charge in [-0.15, -0.1) is 0 Å². The Labute approximate surface area is 104 Å². The normalized spacial score (nSPS) is 19.0. The SMILES string of the molecule is Cc1ccc(O)c(C(C)NCC(C)C2CC2)c1. The van der Waals surface area contributed by atoms with Gasteiger partial charge in [0.2, 0.25) is 0 Å². The largest absolute Gasteiger partial charge is 0.508 e. The van der Waals surface area contributed by atoms with E-state index in [4.69, 9.17) is 0 Å². The Morgan fingerprint density at radius 2 is 2.06 bits per heavy atom. The van der Waals surface area contributed by atoms with Gasteiger partial charge < -0.3 is 10.4 Å². The summed E-state index contributed by atoms with van der Waals surface area (Å²) in [5, 5.41) is 13.4. The van der Waals surface area contributed by atoms with Gasteiger partial charge in [0.1, 0.15) is 5.75 Å². The minimum Gasteiger partial charge on any atom is -0.508 e. The third kappa shape index (κ3) is 3.22. The summed E-state index contributed by atoms with van der Waals surface area (Å²) in [5.74, 6) is 2.08. The van der Waals surface area contributed by atoms with Crippen LogP contribution < -0.4 is 5.32 Å². The van der Waals surface area contributed by atoms with E-state index in [0.717, 1.165) is 23.9 Å². The zero-order valence-electron chi connectivity index (χ0n) is 11.0. The van der Waals surface area contributed by atoms with Gasteiger partial charge in [-0.05, 0) is 51.1 Å². The topological polar surface area (TPSA) is 32.3 Å². The highest BCUT2D eigenvalue weighted by Gasteiger charge is 2.27. The van der Waals surface area contributed by atoms with Crippen LogP contribution in [-0.4, -0.2) is 11.7 Å². The van der Waals surface area contributed by atoms with Crippen LogP contribution in [0.25, 0.3) is 0 Å². The molecular formula is C15H23NO. The molecule has 2 nitrogen and oxygen atoms in total. The molecule has 0 heterocycles. The van der Waals surface area contributed by atoms with Crippen molar-refractivity contribution >= 4 is 0 Å². The first-order valence-corrected chi connectivity index (χ1v) is 6.61. The average Bonchev–Trinajstić information content (AvgIpc) is 3.12. The van der Waals surface area contributed by atoms with E-state index in [-0.39, 0.29) is 6.04 Å². The number of aromatic hydroxyl groups is 1. The van der Waals surface area contributed by atoms with Crippen molar-refractivity contribution in [2.75, 3.05) is 6.54 Å².